The number of aliphatic hydroxyl groups is 1. The van der Waals surface area contributed by atoms with Crippen LogP contribution in [0, 0.1) is 5.92 Å². The third-order valence-electron chi connectivity index (χ3n) is 3.91. The normalized spacial score (nSPS) is 13.4. The predicted octanol–water partition coefficient (Wildman–Crippen LogP) is 4.05. The molecule has 0 spiro atoms. The van der Waals surface area contributed by atoms with Crippen molar-refractivity contribution in [2.75, 3.05) is 0 Å². The Morgan fingerprint density at radius 2 is 1.57 bits per heavy atom. The van der Waals surface area contributed by atoms with Crippen LogP contribution < -0.4 is 0 Å². The molecule has 2 atom stereocenters. The molecule has 1 N–H and O–H groups in total. The first-order valence-electron chi connectivity index (χ1n) is 7.60. The number of aliphatic hydroxyl groups excluding tert-OH is 1. The fourth-order valence-corrected chi connectivity index (χ4v) is 2.69. The molecule has 0 fully saturated rings. The number of ketones is 1. The molecule has 2 aromatic carbocycles. The summed E-state index contributed by atoms with van der Waals surface area (Å²) in [5.74, 6) is -0.264. The van der Waals surface area contributed by atoms with E-state index in [9.17, 15) is 9.90 Å². The van der Waals surface area contributed by atoms with Crippen molar-refractivity contribution in [2.45, 2.75) is 12.5 Å². The highest BCUT2D eigenvalue weighted by Gasteiger charge is 2.30. The highest BCUT2D eigenvalue weighted by molar-refractivity contribution is 5.98. The second-order valence-electron chi connectivity index (χ2n) is 5.49. The van der Waals surface area contributed by atoms with Crippen LogP contribution in [0.2, 0.25) is 0 Å². The number of furan rings is 1. The van der Waals surface area contributed by atoms with Crippen LogP contribution in [0.15, 0.2) is 83.5 Å². The first kappa shape index (κ1) is 15.3. The van der Waals surface area contributed by atoms with Crippen molar-refractivity contribution in [1.82, 2.24) is 0 Å². The van der Waals surface area contributed by atoms with E-state index in [1.807, 2.05) is 48.5 Å². The highest BCUT2D eigenvalue weighted by Crippen LogP contribution is 2.29. The lowest BCUT2D eigenvalue weighted by atomic mass is 9.86. The fourth-order valence-electron chi connectivity index (χ4n) is 2.69. The van der Waals surface area contributed by atoms with Gasteiger partial charge in [-0.15, -0.1) is 0 Å². The quantitative estimate of drug-likeness (QED) is 0.699. The van der Waals surface area contributed by atoms with Crippen LogP contribution >= 0.6 is 0 Å². The lowest BCUT2D eigenvalue weighted by Gasteiger charge is -2.20. The van der Waals surface area contributed by atoms with Crippen LogP contribution in [-0.4, -0.2) is 10.9 Å². The lowest BCUT2D eigenvalue weighted by molar-refractivity contribution is 0.0601. The van der Waals surface area contributed by atoms with E-state index < -0.39 is 12.0 Å². The number of rotatable bonds is 6. The molecule has 0 saturated heterocycles. The molecule has 23 heavy (non-hydrogen) atoms. The Hall–Kier alpha value is -2.65. The Balaban J connectivity index is 1.91. The second-order valence-corrected chi connectivity index (χ2v) is 5.49. The molecule has 0 aliphatic carbocycles. The van der Waals surface area contributed by atoms with Crippen LogP contribution in [-0.2, 0) is 6.42 Å². The third-order valence-corrected chi connectivity index (χ3v) is 3.91. The van der Waals surface area contributed by atoms with Gasteiger partial charge in [0.2, 0.25) is 0 Å². The first-order valence-corrected chi connectivity index (χ1v) is 7.60. The SMILES string of the molecule is O=C(c1ccccc1)C(Cc1ccccc1)C(O)c1ccco1. The van der Waals surface area contributed by atoms with Crippen LogP contribution in [0.4, 0.5) is 0 Å². The predicted molar refractivity (Wildman–Crippen MR) is 88.1 cm³/mol. The lowest BCUT2D eigenvalue weighted by Crippen LogP contribution is -2.24. The van der Waals surface area contributed by atoms with Crippen molar-refractivity contribution in [1.29, 1.82) is 0 Å². The molecule has 1 aromatic heterocycles. The van der Waals surface area contributed by atoms with Crippen molar-refractivity contribution in [3.8, 4) is 0 Å². The largest absolute Gasteiger partial charge is 0.467 e. The van der Waals surface area contributed by atoms with E-state index in [1.54, 1.807) is 24.3 Å². The van der Waals surface area contributed by atoms with Gasteiger partial charge in [-0.3, -0.25) is 4.79 Å². The van der Waals surface area contributed by atoms with E-state index in [0.29, 0.717) is 17.7 Å². The molecular weight excluding hydrogens is 288 g/mol. The van der Waals surface area contributed by atoms with Gasteiger partial charge in [-0.25, -0.2) is 0 Å². The molecular formula is C20H18O3. The van der Waals surface area contributed by atoms with E-state index in [1.165, 1.54) is 6.26 Å². The fraction of sp³-hybridized carbons (Fsp3) is 0.150. The van der Waals surface area contributed by atoms with Crippen molar-refractivity contribution < 1.29 is 14.3 Å². The van der Waals surface area contributed by atoms with Crippen LogP contribution in [0.5, 0.6) is 0 Å². The summed E-state index contributed by atoms with van der Waals surface area (Å²) in [5.41, 5.74) is 1.60. The van der Waals surface area contributed by atoms with Crippen LogP contribution in [0.1, 0.15) is 27.8 Å². The number of carbonyl (C=O) groups excluding carboxylic acids is 1. The zero-order valence-electron chi connectivity index (χ0n) is 12.6. The molecule has 2 unspecified atom stereocenters. The molecule has 3 aromatic rings. The van der Waals surface area contributed by atoms with Gasteiger partial charge in [0.1, 0.15) is 11.9 Å². The summed E-state index contributed by atoms with van der Waals surface area (Å²) in [5, 5.41) is 10.6. The smallest absolute Gasteiger partial charge is 0.169 e. The third kappa shape index (κ3) is 3.58. The number of hydrogen-bond donors (Lipinski definition) is 1. The van der Waals surface area contributed by atoms with E-state index in [0.717, 1.165) is 5.56 Å². The van der Waals surface area contributed by atoms with Gasteiger partial charge in [0.25, 0.3) is 0 Å². The monoisotopic (exact) mass is 306 g/mol. The maximum atomic E-state index is 12.9. The van der Waals surface area contributed by atoms with Crippen LogP contribution in [0.3, 0.4) is 0 Å². The van der Waals surface area contributed by atoms with Gasteiger partial charge in [0.15, 0.2) is 5.78 Å². The topological polar surface area (TPSA) is 50.4 Å². The Morgan fingerprint density at radius 3 is 2.17 bits per heavy atom. The van der Waals surface area contributed by atoms with E-state index in [4.69, 9.17) is 4.42 Å². The maximum Gasteiger partial charge on any atom is 0.169 e. The highest BCUT2D eigenvalue weighted by atomic mass is 16.4. The summed E-state index contributed by atoms with van der Waals surface area (Å²) in [6.45, 7) is 0. The molecule has 0 amide bonds. The van der Waals surface area contributed by atoms with Gasteiger partial charge in [-0.05, 0) is 24.1 Å². The number of Topliss-reactive ketones (excluding diaryl/α,β-unsaturated/α-hetero) is 1. The van der Waals surface area contributed by atoms with Crippen molar-refractivity contribution in [3.63, 3.8) is 0 Å². The zero-order valence-corrected chi connectivity index (χ0v) is 12.6. The van der Waals surface area contributed by atoms with Gasteiger partial charge in [-0.2, -0.15) is 0 Å². The van der Waals surface area contributed by atoms with Gasteiger partial charge in [-0.1, -0.05) is 60.7 Å². The minimum atomic E-state index is -0.974. The zero-order chi connectivity index (χ0) is 16.1. The molecule has 116 valence electrons. The van der Waals surface area contributed by atoms with Gasteiger partial charge in [0.05, 0.1) is 12.2 Å². The summed E-state index contributed by atoms with van der Waals surface area (Å²) in [6.07, 6.45) is 0.986. The van der Waals surface area contributed by atoms with Crippen molar-refractivity contribution in [2.24, 2.45) is 5.92 Å². The second kappa shape index (κ2) is 7.07. The summed E-state index contributed by atoms with van der Waals surface area (Å²) in [6, 6.07) is 22.2. The Morgan fingerprint density at radius 1 is 0.913 bits per heavy atom. The maximum absolute atomic E-state index is 12.9. The molecule has 1 heterocycles. The Bertz CT molecular complexity index is 733. The van der Waals surface area contributed by atoms with E-state index in [-0.39, 0.29) is 5.78 Å². The molecule has 3 rings (SSSR count). The molecule has 3 heteroatoms. The van der Waals surface area contributed by atoms with E-state index >= 15 is 0 Å². The first-order chi connectivity index (χ1) is 11.3. The molecule has 0 aliphatic rings. The Labute approximate surface area is 135 Å². The average molecular weight is 306 g/mol. The molecule has 0 bridgehead atoms. The Kier molecular flexibility index (Phi) is 4.69. The van der Waals surface area contributed by atoms with Gasteiger partial charge < -0.3 is 9.52 Å². The van der Waals surface area contributed by atoms with Crippen molar-refractivity contribution >= 4 is 5.78 Å². The number of carbonyl (C=O) groups is 1. The summed E-state index contributed by atoms with van der Waals surface area (Å²) >= 11 is 0. The summed E-state index contributed by atoms with van der Waals surface area (Å²) in [7, 11) is 0. The van der Waals surface area contributed by atoms with E-state index in [2.05, 4.69) is 0 Å². The standard InChI is InChI=1S/C20H18O3/c21-19(16-10-5-2-6-11-16)17(14-15-8-3-1-4-9-15)20(22)18-12-7-13-23-18/h1-13,17,20,22H,14H2. The molecule has 0 aliphatic heterocycles. The van der Waals surface area contributed by atoms with Crippen molar-refractivity contribution in [3.05, 3.63) is 95.9 Å². The summed E-state index contributed by atoms with van der Waals surface area (Å²) < 4.78 is 5.30. The number of benzene rings is 2. The van der Waals surface area contributed by atoms with Gasteiger partial charge >= 0.3 is 0 Å². The minimum Gasteiger partial charge on any atom is -0.467 e. The molecule has 3 nitrogen and oxygen atoms in total. The molecule has 0 radical (unpaired) electrons. The van der Waals surface area contributed by atoms with Crippen LogP contribution in [0.25, 0.3) is 0 Å². The number of hydrogen-bond acceptors (Lipinski definition) is 3. The molecule has 0 saturated carbocycles. The summed E-state index contributed by atoms with van der Waals surface area (Å²) in [4.78, 5) is 12.9. The minimum absolute atomic E-state index is 0.0849. The average Bonchev–Trinajstić information content (AvgIpc) is 3.15. The van der Waals surface area contributed by atoms with Gasteiger partial charge in [0, 0.05) is 5.56 Å².